The molecule has 0 saturated carbocycles. The van der Waals surface area contributed by atoms with Crippen molar-refractivity contribution in [3.63, 3.8) is 0 Å². The number of nitrogens with zero attached hydrogens (tertiary/aromatic N) is 4. The van der Waals surface area contributed by atoms with Gasteiger partial charge in [0, 0.05) is 21.7 Å². The Hall–Kier alpha value is -4.17. The molecule has 36 heavy (non-hydrogen) atoms. The van der Waals surface area contributed by atoms with Crippen molar-refractivity contribution in [2.24, 2.45) is 0 Å². The Balaban J connectivity index is 1.44. The molecule has 0 atom stereocenters. The summed E-state index contributed by atoms with van der Waals surface area (Å²) < 4.78 is 6.98. The summed E-state index contributed by atoms with van der Waals surface area (Å²) in [6, 6.07) is 25.1. The van der Waals surface area contributed by atoms with Crippen LogP contribution < -0.4 is 10.1 Å². The quantitative estimate of drug-likeness (QED) is 0.290. The van der Waals surface area contributed by atoms with Crippen molar-refractivity contribution in [3.05, 3.63) is 95.7 Å². The van der Waals surface area contributed by atoms with E-state index < -0.39 is 0 Å². The Morgan fingerprint density at radius 3 is 2.42 bits per heavy atom. The molecule has 2 aromatic heterocycles. The summed E-state index contributed by atoms with van der Waals surface area (Å²) in [5, 5.41) is 8.74. The highest BCUT2D eigenvalue weighted by Crippen LogP contribution is 2.36. The molecule has 0 bridgehead atoms. The van der Waals surface area contributed by atoms with Crippen LogP contribution in [0, 0.1) is 13.8 Å². The molecule has 5 aromatic rings. The summed E-state index contributed by atoms with van der Waals surface area (Å²) >= 11 is 1.54. The molecule has 7 nitrogen and oxygen atoms in total. The number of methoxy groups -OCH3 is 1. The maximum absolute atomic E-state index is 12.8. The third kappa shape index (κ3) is 4.94. The van der Waals surface area contributed by atoms with Crippen LogP contribution in [0.3, 0.4) is 0 Å². The molecule has 0 saturated heterocycles. The van der Waals surface area contributed by atoms with Gasteiger partial charge in [-0.1, -0.05) is 66.4 Å². The molecule has 0 aliphatic carbocycles. The lowest BCUT2D eigenvalue weighted by Gasteiger charge is -2.13. The number of para-hydroxylation sites is 1. The predicted octanol–water partition coefficient (Wildman–Crippen LogP) is 5.75. The van der Waals surface area contributed by atoms with Gasteiger partial charge in [0.15, 0.2) is 5.82 Å². The summed E-state index contributed by atoms with van der Waals surface area (Å²) in [6.07, 6.45) is 0.268. The Morgan fingerprint density at radius 2 is 1.67 bits per heavy atom. The van der Waals surface area contributed by atoms with Gasteiger partial charge in [0.2, 0.25) is 5.91 Å². The number of carbonyl (C=O) groups excluding carboxylic acids is 1. The largest absolute Gasteiger partial charge is 0.497 e. The fourth-order valence-corrected chi connectivity index (χ4v) is 4.87. The Labute approximate surface area is 213 Å². The number of carbonyl (C=O) groups is 1. The molecule has 0 radical (unpaired) electrons. The average Bonchev–Trinajstić information content (AvgIpc) is 3.32. The van der Waals surface area contributed by atoms with Gasteiger partial charge in [-0.2, -0.15) is 9.50 Å². The normalized spacial score (nSPS) is 11.0. The molecule has 180 valence electrons. The van der Waals surface area contributed by atoms with Gasteiger partial charge < -0.3 is 10.1 Å². The van der Waals surface area contributed by atoms with Crippen LogP contribution in [0.5, 0.6) is 5.75 Å². The number of nitrogens with one attached hydrogen (secondary N) is 1. The van der Waals surface area contributed by atoms with E-state index >= 15 is 0 Å². The van der Waals surface area contributed by atoms with Crippen molar-refractivity contribution >= 4 is 29.1 Å². The first-order chi connectivity index (χ1) is 17.5. The van der Waals surface area contributed by atoms with Crippen LogP contribution in [0.4, 0.5) is 5.69 Å². The van der Waals surface area contributed by atoms with E-state index in [2.05, 4.69) is 15.3 Å². The minimum absolute atomic E-state index is 0.0897. The fourth-order valence-electron chi connectivity index (χ4n) is 3.78. The van der Waals surface area contributed by atoms with E-state index in [0.717, 1.165) is 43.7 Å². The van der Waals surface area contributed by atoms with Crippen molar-refractivity contribution in [1.29, 1.82) is 0 Å². The van der Waals surface area contributed by atoms with Crippen LogP contribution in [0.25, 0.3) is 17.2 Å². The van der Waals surface area contributed by atoms with Gasteiger partial charge in [0.1, 0.15) is 10.8 Å². The van der Waals surface area contributed by atoms with E-state index in [-0.39, 0.29) is 12.3 Å². The van der Waals surface area contributed by atoms with E-state index in [1.165, 1.54) is 11.8 Å². The highest BCUT2D eigenvalue weighted by atomic mass is 32.2. The van der Waals surface area contributed by atoms with Gasteiger partial charge in [0.05, 0.1) is 19.2 Å². The van der Waals surface area contributed by atoms with Gasteiger partial charge >= 0.3 is 0 Å². The number of benzene rings is 3. The topological polar surface area (TPSA) is 81.4 Å². The van der Waals surface area contributed by atoms with Crippen LogP contribution in [0.1, 0.15) is 16.8 Å². The minimum atomic E-state index is -0.0897. The maximum Gasteiger partial charge on any atom is 0.254 e. The molecule has 0 unspecified atom stereocenters. The summed E-state index contributed by atoms with van der Waals surface area (Å²) in [7, 11) is 1.62. The first kappa shape index (κ1) is 23.6. The standard InChI is InChI=1S/C28H25N5O2S/c1-18-19(2)29-28-31-26(21-9-5-4-6-10-21)32-33(28)27(18)36-24-12-8-7-11-23(24)30-25(34)17-20-13-15-22(35-3)16-14-20/h4-16H,17H2,1-3H3,(H,30,34). The lowest BCUT2D eigenvalue weighted by Crippen LogP contribution is -2.15. The first-order valence-electron chi connectivity index (χ1n) is 11.5. The van der Waals surface area contributed by atoms with E-state index in [0.29, 0.717) is 11.6 Å². The third-order valence-corrected chi connectivity index (χ3v) is 7.09. The van der Waals surface area contributed by atoms with Crippen LogP contribution in [-0.4, -0.2) is 32.6 Å². The lowest BCUT2D eigenvalue weighted by atomic mass is 10.1. The lowest BCUT2D eigenvalue weighted by molar-refractivity contribution is -0.115. The number of aryl methyl sites for hydroxylation is 1. The van der Waals surface area contributed by atoms with Crippen molar-refractivity contribution in [2.75, 3.05) is 12.4 Å². The van der Waals surface area contributed by atoms with Gasteiger partial charge in [-0.25, -0.2) is 4.98 Å². The molecule has 2 heterocycles. The SMILES string of the molecule is COc1ccc(CC(=O)Nc2ccccc2Sc2c(C)c(C)nc3nc(-c4ccccc4)nn23)cc1. The van der Waals surface area contributed by atoms with Gasteiger partial charge in [0.25, 0.3) is 5.78 Å². The van der Waals surface area contributed by atoms with Crippen molar-refractivity contribution < 1.29 is 9.53 Å². The van der Waals surface area contributed by atoms with Gasteiger partial charge in [-0.15, -0.1) is 5.10 Å². The molecule has 0 spiro atoms. The summed E-state index contributed by atoms with van der Waals surface area (Å²) in [5.74, 6) is 1.84. The highest BCUT2D eigenvalue weighted by molar-refractivity contribution is 7.99. The van der Waals surface area contributed by atoms with Crippen LogP contribution in [0.15, 0.2) is 88.8 Å². The maximum atomic E-state index is 12.8. The van der Waals surface area contributed by atoms with E-state index in [1.807, 2.05) is 92.7 Å². The zero-order valence-electron chi connectivity index (χ0n) is 20.2. The van der Waals surface area contributed by atoms with Crippen LogP contribution in [0.2, 0.25) is 0 Å². The average molecular weight is 496 g/mol. The molecule has 1 amide bonds. The van der Waals surface area contributed by atoms with Gasteiger partial charge in [-0.3, -0.25) is 4.79 Å². The van der Waals surface area contributed by atoms with E-state index in [4.69, 9.17) is 9.84 Å². The van der Waals surface area contributed by atoms with Crippen molar-refractivity contribution in [3.8, 4) is 17.1 Å². The van der Waals surface area contributed by atoms with Crippen molar-refractivity contribution in [2.45, 2.75) is 30.2 Å². The second kappa shape index (κ2) is 10.2. The molecule has 1 N–H and O–H groups in total. The number of anilines is 1. The third-order valence-electron chi connectivity index (χ3n) is 5.84. The molecular formula is C28H25N5O2S. The zero-order chi connectivity index (χ0) is 25.1. The molecule has 5 rings (SSSR count). The van der Waals surface area contributed by atoms with E-state index in [1.54, 1.807) is 11.6 Å². The Kier molecular flexibility index (Phi) is 6.69. The smallest absolute Gasteiger partial charge is 0.254 e. The molecule has 3 aromatic carbocycles. The zero-order valence-corrected chi connectivity index (χ0v) is 21.0. The summed E-state index contributed by atoms with van der Waals surface area (Å²) in [6.45, 7) is 4.00. The second-order valence-electron chi connectivity index (χ2n) is 8.31. The number of aromatic nitrogens is 4. The highest BCUT2D eigenvalue weighted by Gasteiger charge is 2.18. The van der Waals surface area contributed by atoms with Crippen LogP contribution in [-0.2, 0) is 11.2 Å². The molecule has 0 fully saturated rings. The Bertz CT molecular complexity index is 1530. The van der Waals surface area contributed by atoms with E-state index in [9.17, 15) is 4.79 Å². The monoisotopic (exact) mass is 495 g/mol. The molecule has 0 aliphatic rings. The molecule has 0 aliphatic heterocycles. The van der Waals surface area contributed by atoms with Crippen molar-refractivity contribution in [1.82, 2.24) is 19.6 Å². The number of rotatable bonds is 7. The predicted molar refractivity (Wildman–Crippen MR) is 142 cm³/mol. The Morgan fingerprint density at radius 1 is 0.944 bits per heavy atom. The first-order valence-corrected chi connectivity index (χ1v) is 12.3. The number of amides is 1. The van der Waals surface area contributed by atoms with Crippen LogP contribution >= 0.6 is 11.8 Å². The molecule has 8 heteroatoms. The van der Waals surface area contributed by atoms with Gasteiger partial charge in [-0.05, 0) is 43.7 Å². The fraction of sp³-hybridized carbons (Fsp3) is 0.143. The number of fused-ring (bicyclic) bond motifs is 1. The molecular weight excluding hydrogens is 470 g/mol. The summed E-state index contributed by atoms with van der Waals surface area (Å²) in [4.78, 5) is 23.1. The summed E-state index contributed by atoms with van der Waals surface area (Å²) in [5.41, 5.74) is 4.48. The number of ether oxygens (including phenoxy) is 1. The number of hydrogen-bond donors (Lipinski definition) is 1. The second-order valence-corrected chi connectivity index (χ2v) is 9.34. The minimum Gasteiger partial charge on any atom is -0.497 e. The number of hydrogen-bond acceptors (Lipinski definition) is 6.